The fraction of sp³-hybridized carbons (Fsp3) is 0.409. The number of amides is 1. The molecule has 0 saturated carbocycles. The average molecular weight is 422 g/mol. The van der Waals surface area contributed by atoms with Crippen LogP contribution >= 0.6 is 11.6 Å². The lowest BCUT2D eigenvalue weighted by molar-refractivity contribution is -0.133. The number of aliphatic hydroxyl groups is 1. The smallest absolute Gasteiger partial charge is 0.260 e. The first-order valence-corrected chi connectivity index (χ1v) is 9.99. The number of nitrogens with zero attached hydrogens (tertiary/aromatic N) is 1. The Morgan fingerprint density at radius 2 is 1.86 bits per heavy atom. The van der Waals surface area contributed by atoms with Crippen molar-refractivity contribution < 1.29 is 23.8 Å². The molecular weight excluding hydrogens is 397 g/mol. The Morgan fingerprint density at radius 1 is 1.21 bits per heavy atom. The summed E-state index contributed by atoms with van der Waals surface area (Å²) in [6.45, 7) is 4.46. The molecule has 0 unspecified atom stereocenters. The molecule has 0 spiro atoms. The Bertz CT molecular complexity index is 853. The van der Waals surface area contributed by atoms with E-state index in [1.165, 1.54) is 12.1 Å². The highest BCUT2D eigenvalue weighted by Gasteiger charge is 2.29. The number of halogens is 2. The van der Waals surface area contributed by atoms with E-state index in [4.69, 9.17) is 21.1 Å². The second-order valence-corrected chi connectivity index (χ2v) is 7.65. The zero-order valence-electron chi connectivity index (χ0n) is 16.5. The van der Waals surface area contributed by atoms with Crippen LogP contribution in [-0.4, -0.2) is 47.8 Å². The number of para-hydroxylation sites is 1. The molecule has 1 N–H and O–H groups in total. The van der Waals surface area contributed by atoms with Crippen molar-refractivity contribution in [1.29, 1.82) is 0 Å². The van der Waals surface area contributed by atoms with E-state index >= 15 is 0 Å². The number of carbonyl (C=O) groups excluding carboxylic acids is 1. The van der Waals surface area contributed by atoms with Gasteiger partial charge in [-0.25, -0.2) is 4.39 Å². The number of ether oxygens (including phenoxy) is 2. The Labute approximate surface area is 175 Å². The maximum Gasteiger partial charge on any atom is 0.260 e. The molecule has 1 saturated heterocycles. The molecule has 1 aliphatic heterocycles. The van der Waals surface area contributed by atoms with Gasteiger partial charge < -0.3 is 19.5 Å². The van der Waals surface area contributed by atoms with Crippen molar-refractivity contribution in [3.63, 3.8) is 0 Å². The molecular formula is C22H25ClFNO4. The van der Waals surface area contributed by atoms with Gasteiger partial charge in [-0.1, -0.05) is 23.7 Å². The molecule has 0 aliphatic carbocycles. The minimum absolute atomic E-state index is 0.102. The highest BCUT2D eigenvalue weighted by Crippen LogP contribution is 2.26. The number of aliphatic hydroxyl groups excluding tert-OH is 1. The van der Waals surface area contributed by atoms with E-state index in [2.05, 4.69) is 0 Å². The zero-order valence-corrected chi connectivity index (χ0v) is 17.3. The summed E-state index contributed by atoms with van der Waals surface area (Å²) in [5.74, 6) is 0.0503. The first kappa shape index (κ1) is 21.4. The van der Waals surface area contributed by atoms with Crippen molar-refractivity contribution in [3.8, 4) is 11.5 Å². The van der Waals surface area contributed by atoms with Crippen LogP contribution in [0, 0.1) is 19.7 Å². The van der Waals surface area contributed by atoms with Crippen LogP contribution in [0.3, 0.4) is 0 Å². The van der Waals surface area contributed by atoms with Gasteiger partial charge in [0.1, 0.15) is 11.9 Å². The molecule has 3 rings (SSSR count). The minimum atomic E-state index is -0.783. The fourth-order valence-corrected chi connectivity index (χ4v) is 3.49. The largest absolute Gasteiger partial charge is 0.485 e. The number of hydrogen-bond donors (Lipinski definition) is 1. The number of rotatable bonds is 5. The van der Waals surface area contributed by atoms with Crippen molar-refractivity contribution in [1.82, 2.24) is 4.90 Å². The molecule has 0 aromatic heterocycles. The highest BCUT2D eigenvalue weighted by atomic mass is 35.5. The Morgan fingerprint density at radius 3 is 2.55 bits per heavy atom. The summed E-state index contributed by atoms with van der Waals surface area (Å²) in [7, 11) is 0. The monoisotopic (exact) mass is 421 g/mol. The topological polar surface area (TPSA) is 59.0 Å². The number of carbonyl (C=O) groups is 1. The molecule has 0 bridgehead atoms. The van der Waals surface area contributed by atoms with E-state index < -0.39 is 18.0 Å². The fourth-order valence-electron chi connectivity index (χ4n) is 3.38. The van der Waals surface area contributed by atoms with Crippen LogP contribution in [0.25, 0.3) is 0 Å². The van der Waals surface area contributed by atoms with Crippen LogP contribution in [0.5, 0.6) is 11.5 Å². The van der Waals surface area contributed by atoms with Crippen molar-refractivity contribution in [3.05, 3.63) is 58.4 Å². The molecule has 5 nitrogen and oxygen atoms in total. The van der Waals surface area contributed by atoms with E-state index in [1.807, 2.05) is 13.8 Å². The van der Waals surface area contributed by atoms with Gasteiger partial charge in [-0.05, 0) is 55.7 Å². The molecule has 156 valence electrons. The summed E-state index contributed by atoms with van der Waals surface area (Å²) in [5.41, 5.74) is 1.78. The summed E-state index contributed by atoms with van der Waals surface area (Å²) >= 11 is 6.16. The molecule has 1 aliphatic rings. The van der Waals surface area contributed by atoms with E-state index in [1.54, 1.807) is 29.2 Å². The number of aryl methyl sites for hydroxylation is 2. The third-order valence-corrected chi connectivity index (χ3v) is 5.64. The first-order valence-electron chi connectivity index (χ1n) is 9.61. The van der Waals surface area contributed by atoms with Gasteiger partial charge >= 0.3 is 0 Å². The average Bonchev–Trinajstić information content (AvgIpc) is 2.88. The lowest BCUT2D eigenvalue weighted by Gasteiger charge is -2.22. The minimum Gasteiger partial charge on any atom is -0.485 e. The Kier molecular flexibility index (Phi) is 6.98. The van der Waals surface area contributed by atoms with Crippen molar-refractivity contribution in [2.45, 2.75) is 38.9 Å². The Balaban J connectivity index is 1.57. The van der Waals surface area contributed by atoms with Gasteiger partial charge in [-0.2, -0.15) is 0 Å². The Hall–Kier alpha value is -2.31. The van der Waals surface area contributed by atoms with E-state index in [-0.39, 0.29) is 18.3 Å². The summed E-state index contributed by atoms with van der Waals surface area (Å²) < 4.78 is 25.1. The standard InChI is InChI=1S/C22H25ClFNO4/c1-14-11-16(12-15(2)22(14)23)28-13-21(27)25-9-7-18(26)20(8-10-25)29-19-6-4-3-5-17(19)24/h3-6,11-12,18,20,26H,7-10,13H2,1-2H3/t18-,20-/m0/s1. The molecule has 1 amide bonds. The third-order valence-electron chi connectivity index (χ3n) is 5.05. The van der Waals surface area contributed by atoms with Gasteiger partial charge in [0.15, 0.2) is 18.2 Å². The molecule has 0 radical (unpaired) electrons. The van der Waals surface area contributed by atoms with Crippen LogP contribution in [-0.2, 0) is 4.79 Å². The van der Waals surface area contributed by atoms with E-state index in [9.17, 15) is 14.3 Å². The number of hydrogen-bond acceptors (Lipinski definition) is 4. The predicted molar refractivity (Wildman–Crippen MR) is 109 cm³/mol. The quantitative estimate of drug-likeness (QED) is 0.795. The normalized spacial score (nSPS) is 19.6. The highest BCUT2D eigenvalue weighted by molar-refractivity contribution is 6.32. The molecule has 1 fully saturated rings. The first-order chi connectivity index (χ1) is 13.8. The van der Waals surface area contributed by atoms with Gasteiger partial charge in [0, 0.05) is 24.5 Å². The van der Waals surface area contributed by atoms with Crippen LogP contribution in [0.2, 0.25) is 5.02 Å². The van der Waals surface area contributed by atoms with Gasteiger partial charge in [0.2, 0.25) is 0 Å². The van der Waals surface area contributed by atoms with Crippen molar-refractivity contribution in [2.75, 3.05) is 19.7 Å². The van der Waals surface area contributed by atoms with Crippen molar-refractivity contribution in [2.24, 2.45) is 0 Å². The molecule has 2 aromatic carbocycles. The third kappa shape index (κ3) is 5.40. The van der Waals surface area contributed by atoms with Crippen LogP contribution < -0.4 is 9.47 Å². The van der Waals surface area contributed by atoms with Gasteiger partial charge in [-0.3, -0.25) is 4.79 Å². The van der Waals surface area contributed by atoms with Gasteiger partial charge in [0.25, 0.3) is 5.91 Å². The lowest BCUT2D eigenvalue weighted by atomic mass is 10.1. The molecule has 2 aromatic rings. The molecule has 29 heavy (non-hydrogen) atoms. The van der Waals surface area contributed by atoms with Crippen LogP contribution in [0.4, 0.5) is 4.39 Å². The van der Waals surface area contributed by atoms with Crippen molar-refractivity contribution >= 4 is 17.5 Å². The maximum absolute atomic E-state index is 13.8. The second kappa shape index (κ2) is 9.46. The van der Waals surface area contributed by atoms with E-state index in [0.29, 0.717) is 36.7 Å². The maximum atomic E-state index is 13.8. The lowest BCUT2D eigenvalue weighted by Crippen LogP contribution is -2.36. The molecule has 2 atom stereocenters. The number of benzene rings is 2. The summed E-state index contributed by atoms with van der Waals surface area (Å²) in [6.07, 6.45) is -0.605. The predicted octanol–water partition coefficient (Wildman–Crippen LogP) is 3.91. The number of likely N-dealkylation sites (tertiary alicyclic amines) is 1. The van der Waals surface area contributed by atoms with Crippen LogP contribution in [0.15, 0.2) is 36.4 Å². The summed E-state index contributed by atoms with van der Waals surface area (Å²) in [5, 5.41) is 11.1. The van der Waals surface area contributed by atoms with Crippen LogP contribution in [0.1, 0.15) is 24.0 Å². The molecule has 1 heterocycles. The van der Waals surface area contributed by atoms with Gasteiger partial charge in [-0.15, -0.1) is 0 Å². The summed E-state index contributed by atoms with van der Waals surface area (Å²) in [6, 6.07) is 9.69. The zero-order chi connectivity index (χ0) is 21.0. The van der Waals surface area contributed by atoms with Gasteiger partial charge in [0.05, 0.1) is 6.10 Å². The summed E-state index contributed by atoms with van der Waals surface area (Å²) in [4.78, 5) is 14.2. The SMILES string of the molecule is Cc1cc(OCC(=O)N2CC[C@H](Oc3ccccc3F)[C@@H](O)CC2)cc(C)c1Cl. The van der Waals surface area contributed by atoms with E-state index in [0.717, 1.165) is 11.1 Å². The second-order valence-electron chi connectivity index (χ2n) is 7.27. The molecule has 7 heteroatoms.